The number of thiazole rings is 1. The van der Waals surface area contributed by atoms with Crippen molar-refractivity contribution in [3.05, 3.63) is 11.1 Å². The fourth-order valence-corrected chi connectivity index (χ4v) is 1.97. The standard InChI is InChI=1S/C7H8NS.CH2O2.Li/c1-2-6(3-1)7-4-9-5-8-7;2-1-3;/h4,6H,1-3H2;1H,(H,2,3);. The fourth-order valence-electron chi connectivity index (χ4n) is 1.27. The molecule has 1 saturated carbocycles. The van der Waals surface area contributed by atoms with Gasteiger partial charge in [0, 0.05) is 0 Å². The molecule has 1 aromatic heterocycles. The fraction of sp³-hybridized carbons (Fsp3) is 0.500. The third-order valence-corrected chi connectivity index (χ3v) is 2.95. The van der Waals surface area contributed by atoms with Gasteiger partial charge in [0.05, 0.1) is 0 Å². The summed E-state index contributed by atoms with van der Waals surface area (Å²) in [4.78, 5) is 12.8. The summed E-state index contributed by atoms with van der Waals surface area (Å²) in [6.07, 6.45) is 4.13. The summed E-state index contributed by atoms with van der Waals surface area (Å²) in [5.74, 6) is 0.810. The Hall–Kier alpha value is -0.303. The van der Waals surface area contributed by atoms with Crippen LogP contribution < -0.4 is 3.68 Å². The molecule has 1 aromatic rings. The molecular weight excluding hydrogens is 181 g/mol. The molecule has 0 atom stereocenters. The van der Waals surface area contributed by atoms with Gasteiger partial charge >= 0.3 is 74.0 Å². The number of carboxylic acid groups (broad SMARTS) is 1. The van der Waals surface area contributed by atoms with Gasteiger partial charge in [0.25, 0.3) is 6.47 Å². The van der Waals surface area contributed by atoms with Crippen molar-refractivity contribution in [1.82, 2.24) is 4.98 Å². The Kier molecular flexibility index (Phi) is 4.50. The van der Waals surface area contributed by atoms with Crippen molar-refractivity contribution in [2.75, 3.05) is 0 Å². The van der Waals surface area contributed by atoms with Crippen molar-refractivity contribution in [3.8, 4) is 0 Å². The van der Waals surface area contributed by atoms with E-state index in [4.69, 9.17) is 9.90 Å². The molecule has 1 fully saturated rings. The zero-order valence-corrected chi connectivity index (χ0v) is 8.38. The number of carbonyl (C=O) groups is 1. The average molecular weight is 191 g/mol. The average Bonchev–Trinajstić information content (AvgIpc) is 2.34. The summed E-state index contributed by atoms with van der Waals surface area (Å²) in [7, 11) is 0. The van der Waals surface area contributed by atoms with Crippen molar-refractivity contribution >= 4 is 39.2 Å². The van der Waals surface area contributed by atoms with Crippen LogP contribution in [0.25, 0.3) is 0 Å². The number of hydrogen-bond acceptors (Lipinski definition) is 3. The molecule has 5 heteroatoms. The van der Waals surface area contributed by atoms with Gasteiger partial charge in [0.15, 0.2) is 0 Å². The van der Waals surface area contributed by atoms with Crippen LogP contribution in [-0.4, -0.2) is 34.3 Å². The summed E-state index contributed by atoms with van der Waals surface area (Å²) in [6, 6.07) is 0. The molecule has 0 amide bonds. The molecule has 1 aliphatic rings. The van der Waals surface area contributed by atoms with Crippen molar-refractivity contribution in [1.29, 1.82) is 0 Å². The predicted octanol–water partition coefficient (Wildman–Crippen LogP) is 0.905. The van der Waals surface area contributed by atoms with Crippen molar-refractivity contribution in [2.45, 2.75) is 25.2 Å². The van der Waals surface area contributed by atoms with Crippen LogP contribution in [0.5, 0.6) is 0 Å². The second-order valence-corrected chi connectivity index (χ2v) is 4.09. The Labute approximate surface area is 90.4 Å². The quantitative estimate of drug-likeness (QED) is 0.530. The maximum absolute atomic E-state index is 8.36. The maximum atomic E-state index is 8.36. The van der Waals surface area contributed by atoms with Crippen LogP contribution in [-0.2, 0) is 4.79 Å². The number of hydrogen-bond donors (Lipinski definition) is 1. The molecule has 3 nitrogen and oxygen atoms in total. The van der Waals surface area contributed by atoms with Crippen molar-refractivity contribution in [3.63, 3.8) is 0 Å². The third-order valence-electron chi connectivity index (χ3n) is 2.16. The van der Waals surface area contributed by atoms with E-state index in [0.29, 0.717) is 0 Å². The monoisotopic (exact) mass is 191 g/mol. The molecule has 0 bridgehead atoms. The molecule has 66 valence electrons. The SMILES string of the molecule is O=CO.[Li][c]1nc(C2CCC2)cs1. The van der Waals surface area contributed by atoms with Gasteiger partial charge in [-0.25, -0.2) is 0 Å². The van der Waals surface area contributed by atoms with E-state index in [9.17, 15) is 0 Å². The summed E-state index contributed by atoms with van der Waals surface area (Å²) in [5, 5.41) is 9.10. The molecule has 2 rings (SSSR count). The van der Waals surface area contributed by atoms with Gasteiger partial charge in [-0.2, -0.15) is 0 Å². The summed E-state index contributed by atoms with van der Waals surface area (Å²) in [5.41, 5.74) is 1.34. The molecule has 0 aliphatic heterocycles. The zero-order chi connectivity index (χ0) is 9.68. The molecule has 1 N–H and O–H groups in total. The van der Waals surface area contributed by atoms with Crippen LogP contribution in [0.15, 0.2) is 5.38 Å². The van der Waals surface area contributed by atoms with Gasteiger partial charge < -0.3 is 5.11 Å². The van der Waals surface area contributed by atoms with Gasteiger partial charge in [-0.3, -0.25) is 4.79 Å². The van der Waals surface area contributed by atoms with Crippen LogP contribution in [0.1, 0.15) is 30.9 Å². The molecule has 0 spiro atoms. The van der Waals surface area contributed by atoms with E-state index >= 15 is 0 Å². The molecule has 0 unspecified atom stereocenters. The Bertz CT molecular complexity index is 273. The molecule has 1 aliphatic carbocycles. The topological polar surface area (TPSA) is 50.2 Å². The minimum atomic E-state index is -0.250. The van der Waals surface area contributed by atoms with E-state index in [1.165, 1.54) is 28.6 Å². The van der Waals surface area contributed by atoms with E-state index < -0.39 is 0 Å². The Morgan fingerprint density at radius 1 is 1.69 bits per heavy atom. The molecule has 13 heavy (non-hydrogen) atoms. The number of nitrogens with zero attached hydrogens (tertiary/aromatic N) is 1. The molecule has 0 aromatic carbocycles. The molecule has 0 saturated heterocycles. The molecule has 0 radical (unpaired) electrons. The summed E-state index contributed by atoms with van der Waals surface area (Å²) < 4.78 is 1.21. The van der Waals surface area contributed by atoms with Crippen LogP contribution in [0.4, 0.5) is 0 Å². The van der Waals surface area contributed by atoms with Crippen molar-refractivity contribution < 1.29 is 9.90 Å². The molecular formula is C8H10LiNO2S. The van der Waals surface area contributed by atoms with Crippen LogP contribution in [0.3, 0.4) is 0 Å². The van der Waals surface area contributed by atoms with Gasteiger partial charge in [0.1, 0.15) is 0 Å². The summed E-state index contributed by atoms with van der Waals surface area (Å²) in [6.45, 7) is -0.250. The van der Waals surface area contributed by atoms with Crippen molar-refractivity contribution in [2.24, 2.45) is 0 Å². The third kappa shape index (κ3) is 3.15. The van der Waals surface area contributed by atoms with Gasteiger partial charge in [-0.05, 0) is 0 Å². The predicted molar refractivity (Wildman–Crippen MR) is 52.8 cm³/mol. The minimum absolute atomic E-state index is 0.250. The number of rotatable bonds is 1. The second-order valence-electron chi connectivity index (χ2n) is 3.02. The first-order valence-corrected chi connectivity index (χ1v) is 5.15. The molecule has 1 heterocycles. The zero-order valence-electron chi connectivity index (χ0n) is 7.56. The van der Waals surface area contributed by atoms with Gasteiger partial charge in [-0.15, -0.1) is 0 Å². The van der Waals surface area contributed by atoms with E-state index in [0.717, 1.165) is 5.92 Å². The summed E-state index contributed by atoms with van der Waals surface area (Å²) >= 11 is 3.85. The first-order valence-electron chi connectivity index (χ1n) is 4.27. The van der Waals surface area contributed by atoms with Gasteiger partial charge in [-0.1, -0.05) is 0 Å². The van der Waals surface area contributed by atoms with Crippen LogP contribution >= 0.6 is 11.3 Å². The van der Waals surface area contributed by atoms with Crippen LogP contribution in [0.2, 0.25) is 0 Å². The Morgan fingerprint density at radius 3 is 2.62 bits per heavy atom. The van der Waals surface area contributed by atoms with E-state index in [-0.39, 0.29) is 6.47 Å². The van der Waals surface area contributed by atoms with Gasteiger partial charge in [0.2, 0.25) is 0 Å². The Balaban J connectivity index is 0.000000251. The van der Waals surface area contributed by atoms with E-state index in [2.05, 4.69) is 28.1 Å². The van der Waals surface area contributed by atoms with Crippen LogP contribution in [0, 0.1) is 0 Å². The second kappa shape index (κ2) is 5.43. The first-order chi connectivity index (χ1) is 6.27. The Morgan fingerprint density at radius 2 is 2.31 bits per heavy atom. The van der Waals surface area contributed by atoms with E-state index in [1.54, 1.807) is 11.3 Å². The number of aromatic nitrogens is 1. The van der Waals surface area contributed by atoms with E-state index in [1.807, 2.05) is 0 Å². The first kappa shape index (κ1) is 10.8. The normalized spacial score (nSPS) is 15.5.